The van der Waals surface area contributed by atoms with Gasteiger partial charge in [-0.05, 0) is 38.0 Å². The third-order valence-electron chi connectivity index (χ3n) is 3.25. The van der Waals surface area contributed by atoms with Crippen LogP contribution in [0.25, 0.3) is 0 Å². The molecule has 2 aromatic rings. The van der Waals surface area contributed by atoms with Crippen molar-refractivity contribution in [3.05, 3.63) is 47.8 Å². The highest BCUT2D eigenvalue weighted by Crippen LogP contribution is 2.16. The highest BCUT2D eigenvalue weighted by atomic mass is 16.5. The first-order valence-electron chi connectivity index (χ1n) is 7.05. The van der Waals surface area contributed by atoms with Gasteiger partial charge in [-0.3, -0.25) is 4.68 Å². The van der Waals surface area contributed by atoms with Gasteiger partial charge in [-0.2, -0.15) is 5.10 Å². The first-order chi connectivity index (χ1) is 9.70. The first kappa shape index (κ1) is 14.6. The van der Waals surface area contributed by atoms with E-state index in [4.69, 9.17) is 4.74 Å². The second-order valence-electron chi connectivity index (χ2n) is 5.13. The second-order valence-corrected chi connectivity index (χ2v) is 5.13. The summed E-state index contributed by atoms with van der Waals surface area (Å²) in [5, 5.41) is 8.01. The smallest absolute Gasteiger partial charge is 0.0815 e. The lowest BCUT2D eigenvalue weighted by Crippen LogP contribution is -2.06. The van der Waals surface area contributed by atoms with Gasteiger partial charge in [0, 0.05) is 25.0 Å². The van der Waals surface area contributed by atoms with Crippen molar-refractivity contribution >= 4 is 5.69 Å². The lowest BCUT2D eigenvalue weighted by molar-refractivity contribution is 0.202. The molecule has 2 rings (SSSR count). The second kappa shape index (κ2) is 7.10. The van der Waals surface area contributed by atoms with Crippen molar-refractivity contribution in [1.82, 2.24) is 9.78 Å². The van der Waals surface area contributed by atoms with E-state index in [1.807, 2.05) is 16.9 Å². The van der Waals surface area contributed by atoms with Crippen LogP contribution in [0.2, 0.25) is 0 Å². The van der Waals surface area contributed by atoms with Crippen molar-refractivity contribution in [3.8, 4) is 0 Å². The zero-order chi connectivity index (χ0) is 14.4. The number of ether oxygens (including phenoxy) is 1. The number of hydrogen-bond donors (Lipinski definition) is 1. The van der Waals surface area contributed by atoms with Gasteiger partial charge >= 0.3 is 0 Å². The molecule has 0 aliphatic carbocycles. The van der Waals surface area contributed by atoms with Crippen LogP contribution in [0.5, 0.6) is 0 Å². The summed E-state index contributed by atoms with van der Waals surface area (Å²) in [5.74, 6) is 0. The van der Waals surface area contributed by atoms with Crippen LogP contribution in [0, 0.1) is 0 Å². The van der Waals surface area contributed by atoms with E-state index in [2.05, 4.69) is 48.5 Å². The van der Waals surface area contributed by atoms with Crippen LogP contribution < -0.4 is 5.32 Å². The minimum absolute atomic E-state index is 0.401. The molecular formula is C16H23N3O. The first-order valence-corrected chi connectivity index (χ1v) is 7.05. The minimum Gasteiger partial charge on any atom is -0.384 e. The Hall–Kier alpha value is -1.81. The topological polar surface area (TPSA) is 39.1 Å². The molecule has 0 aliphatic heterocycles. The summed E-state index contributed by atoms with van der Waals surface area (Å²) in [6, 6.07) is 10.8. The van der Waals surface area contributed by atoms with Gasteiger partial charge in [0.25, 0.3) is 0 Å². The summed E-state index contributed by atoms with van der Waals surface area (Å²) in [6.07, 6.45) is 2.94. The molecule has 0 bridgehead atoms. The maximum Gasteiger partial charge on any atom is 0.0815 e. The molecule has 0 atom stereocenters. The van der Waals surface area contributed by atoms with E-state index in [1.165, 1.54) is 5.56 Å². The van der Waals surface area contributed by atoms with E-state index >= 15 is 0 Å². The minimum atomic E-state index is 0.401. The molecule has 0 saturated carbocycles. The average molecular weight is 273 g/mol. The molecule has 20 heavy (non-hydrogen) atoms. The predicted octanol–water partition coefficient (Wildman–Crippen LogP) is 3.27. The summed E-state index contributed by atoms with van der Waals surface area (Å²) in [5.41, 5.74) is 3.49. The summed E-state index contributed by atoms with van der Waals surface area (Å²) in [7, 11) is 1.73. The highest BCUT2D eigenvalue weighted by molar-refractivity contribution is 5.51. The molecule has 1 heterocycles. The van der Waals surface area contributed by atoms with Gasteiger partial charge in [0.05, 0.1) is 18.8 Å². The lowest BCUT2D eigenvalue weighted by atomic mass is 10.1. The van der Waals surface area contributed by atoms with E-state index in [-0.39, 0.29) is 0 Å². The molecule has 1 aromatic heterocycles. The number of nitrogens with zero attached hydrogens (tertiary/aromatic N) is 2. The summed E-state index contributed by atoms with van der Waals surface area (Å²) in [6.45, 7) is 5.74. The number of hydrogen-bond acceptors (Lipinski definition) is 3. The van der Waals surface area contributed by atoms with E-state index in [0.717, 1.165) is 31.0 Å². The molecule has 108 valence electrons. The molecule has 4 heteroatoms. The molecule has 0 aliphatic rings. The van der Waals surface area contributed by atoms with E-state index in [1.54, 1.807) is 7.11 Å². The molecule has 0 radical (unpaired) electrons. The van der Waals surface area contributed by atoms with Gasteiger partial charge in [0.15, 0.2) is 0 Å². The normalized spacial score (nSPS) is 11.0. The van der Waals surface area contributed by atoms with Crippen LogP contribution in [-0.4, -0.2) is 23.5 Å². The van der Waals surface area contributed by atoms with Gasteiger partial charge in [0.2, 0.25) is 0 Å². The largest absolute Gasteiger partial charge is 0.384 e. The van der Waals surface area contributed by atoms with Crippen molar-refractivity contribution in [2.75, 3.05) is 19.0 Å². The van der Waals surface area contributed by atoms with Crippen LogP contribution >= 0.6 is 0 Å². The van der Waals surface area contributed by atoms with Crippen LogP contribution in [-0.2, 0) is 17.7 Å². The fourth-order valence-electron chi connectivity index (χ4n) is 2.07. The third-order valence-corrected chi connectivity index (χ3v) is 3.25. The summed E-state index contributed by atoms with van der Waals surface area (Å²) >= 11 is 0. The van der Waals surface area contributed by atoms with Gasteiger partial charge in [-0.25, -0.2) is 0 Å². The number of methoxy groups -OCH3 is 1. The van der Waals surface area contributed by atoms with Crippen molar-refractivity contribution in [1.29, 1.82) is 0 Å². The Kier molecular flexibility index (Phi) is 5.18. The van der Waals surface area contributed by atoms with Crippen LogP contribution in [0.4, 0.5) is 5.69 Å². The SMILES string of the molecule is COCCc1ccccc1NCc1ccn(C(C)C)n1. The standard InChI is InChI=1S/C16H23N3O/c1-13(2)19-10-8-15(18-19)12-17-16-7-5-4-6-14(16)9-11-20-3/h4-8,10,13,17H,9,11-12H2,1-3H3. The van der Waals surface area contributed by atoms with E-state index < -0.39 is 0 Å². The monoisotopic (exact) mass is 273 g/mol. The number of aromatic nitrogens is 2. The van der Waals surface area contributed by atoms with Crippen molar-refractivity contribution in [3.63, 3.8) is 0 Å². The molecule has 1 aromatic carbocycles. The third kappa shape index (κ3) is 3.84. The Morgan fingerprint density at radius 2 is 2.05 bits per heavy atom. The van der Waals surface area contributed by atoms with Crippen molar-refractivity contribution in [2.24, 2.45) is 0 Å². The molecule has 4 nitrogen and oxygen atoms in total. The molecule has 0 amide bonds. The fourth-order valence-corrected chi connectivity index (χ4v) is 2.07. The molecule has 1 N–H and O–H groups in total. The fraction of sp³-hybridized carbons (Fsp3) is 0.438. The van der Waals surface area contributed by atoms with Crippen LogP contribution in [0.1, 0.15) is 31.1 Å². The lowest BCUT2D eigenvalue weighted by Gasteiger charge is -2.11. The van der Waals surface area contributed by atoms with Gasteiger partial charge in [-0.1, -0.05) is 18.2 Å². The average Bonchev–Trinajstić information content (AvgIpc) is 2.93. The quantitative estimate of drug-likeness (QED) is 0.841. The Morgan fingerprint density at radius 3 is 2.75 bits per heavy atom. The van der Waals surface area contributed by atoms with Gasteiger partial charge in [-0.15, -0.1) is 0 Å². The Morgan fingerprint density at radius 1 is 1.25 bits per heavy atom. The zero-order valence-electron chi connectivity index (χ0n) is 12.5. The number of rotatable bonds is 7. The van der Waals surface area contributed by atoms with Gasteiger partial charge < -0.3 is 10.1 Å². The highest BCUT2D eigenvalue weighted by Gasteiger charge is 2.04. The Labute approximate surface area is 120 Å². The van der Waals surface area contributed by atoms with Gasteiger partial charge in [0.1, 0.15) is 0 Å². The summed E-state index contributed by atoms with van der Waals surface area (Å²) in [4.78, 5) is 0. The maximum absolute atomic E-state index is 5.15. The molecule has 0 unspecified atom stereocenters. The number of nitrogens with one attached hydrogen (secondary N) is 1. The van der Waals surface area contributed by atoms with Crippen molar-refractivity contribution < 1.29 is 4.74 Å². The molecule has 0 saturated heterocycles. The molecular weight excluding hydrogens is 250 g/mol. The predicted molar refractivity (Wildman–Crippen MR) is 82.0 cm³/mol. The van der Waals surface area contributed by atoms with E-state index in [9.17, 15) is 0 Å². The number of para-hydroxylation sites is 1. The molecule has 0 spiro atoms. The Balaban J connectivity index is 1.99. The maximum atomic E-state index is 5.15. The zero-order valence-corrected chi connectivity index (χ0v) is 12.5. The molecule has 0 fully saturated rings. The number of anilines is 1. The Bertz CT molecular complexity index is 534. The van der Waals surface area contributed by atoms with Crippen LogP contribution in [0.3, 0.4) is 0 Å². The number of benzene rings is 1. The van der Waals surface area contributed by atoms with Crippen LogP contribution in [0.15, 0.2) is 36.5 Å². The summed E-state index contributed by atoms with van der Waals surface area (Å²) < 4.78 is 7.13. The van der Waals surface area contributed by atoms with Crippen molar-refractivity contribution in [2.45, 2.75) is 32.9 Å². The van der Waals surface area contributed by atoms with E-state index in [0.29, 0.717) is 6.04 Å².